The molecule has 2 aromatic heterocycles. The maximum Gasteiger partial charge on any atom is 0.151 e. The Labute approximate surface area is 110 Å². The summed E-state index contributed by atoms with van der Waals surface area (Å²) >= 11 is 7.54. The van der Waals surface area contributed by atoms with Gasteiger partial charge >= 0.3 is 0 Å². The average molecular weight is 268 g/mol. The summed E-state index contributed by atoms with van der Waals surface area (Å²) in [5.41, 5.74) is 1.03. The Morgan fingerprint density at radius 3 is 2.94 bits per heavy atom. The SMILES string of the molecule is CN(C)c1ncccc1NCc1cc(Cl)cs1. The second-order valence-corrected chi connectivity index (χ2v) is 5.29. The molecule has 2 aromatic rings. The molecule has 0 saturated carbocycles. The largest absolute Gasteiger partial charge is 0.377 e. The second kappa shape index (κ2) is 5.38. The Bertz CT molecular complexity index is 496. The lowest BCUT2D eigenvalue weighted by Crippen LogP contribution is -2.13. The van der Waals surface area contributed by atoms with Gasteiger partial charge in [-0.1, -0.05) is 11.6 Å². The quantitative estimate of drug-likeness (QED) is 0.919. The lowest BCUT2D eigenvalue weighted by atomic mass is 10.3. The number of nitrogens with zero attached hydrogens (tertiary/aromatic N) is 2. The van der Waals surface area contributed by atoms with Crippen LogP contribution in [0.2, 0.25) is 5.02 Å². The molecule has 0 aromatic carbocycles. The summed E-state index contributed by atoms with van der Waals surface area (Å²) in [6.07, 6.45) is 1.79. The van der Waals surface area contributed by atoms with E-state index in [1.807, 2.05) is 42.6 Å². The van der Waals surface area contributed by atoms with Crippen molar-refractivity contribution in [3.63, 3.8) is 0 Å². The molecule has 0 unspecified atom stereocenters. The van der Waals surface area contributed by atoms with Gasteiger partial charge in [-0.25, -0.2) is 4.98 Å². The fraction of sp³-hybridized carbons (Fsp3) is 0.250. The van der Waals surface area contributed by atoms with Crippen LogP contribution in [0, 0.1) is 0 Å². The van der Waals surface area contributed by atoms with Crippen molar-refractivity contribution < 1.29 is 0 Å². The summed E-state index contributed by atoms with van der Waals surface area (Å²) in [5, 5.41) is 6.11. The fourth-order valence-electron chi connectivity index (χ4n) is 1.52. The average Bonchev–Trinajstić information content (AvgIpc) is 2.73. The first-order valence-electron chi connectivity index (χ1n) is 5.26. The molecule has 0 aliphatic rings. The molecule has 0 saturated heterocycles. The summed E-state index contributed by atoms with van der Waals surface area (Å²) in [4.78, 5) is 7.54. The third kappa shape index (κ3) is 3.11. The van der Waals surface area contributed by atoms with Gasteiger partial charge in [-0.2, -0.15) is 0 Å². The third-order valence-corrected chi connectivity index (χ3v) is 3.57. The van der Waals surface area contributed by atoms with Gasteiger partial charge in [0.15, 0.2) is 5.82 Å². The molecule has 0 fully saturated rings. The first-order valence-corrected chi connectivity index (χ1v) is 6.51. The van der Waals surface area contributed by atoms with Crippen molar-refractivity contribution >= 4 is 34.4 Å². The summed E-state index contributed by atoms with van der Waals surface area (Å²) in [6, 6.07) is 5.93. The molecule has 3 nitrogen and oxygen atoms in total. The van der Waals surface area contributed by atoms with E-state index in [1.165, 1.54) is 4.88 Å². The third-order valence-electron chi connectivity index (χ3n) is 2.29. The molecule has 5 heteroatoms. The van der Waals surface area contributed by atoms with Crippen molar-refractivity contribution in [2.75, 3.05) is 24.3 Å². The standard InChI is InChI=1S/C12H14ClN3S/c1-16(2)12-11(4-3-5-14-12)15-7-10-6-9(13)8-17-10/h3-6,8,15H,7H2,1-2H3. The topological polar surface area (TPSA) is 28.2 Å². The van der Waals surface area contributed by atoms with E-state index < -0.39 is 0 Å². The lowest BCUT2D eigenvalue weighted by Gasteiger charge is -2.16. The molecule has 17 heavy (non-hydrogen) atoms. The number of pyridine rings is 1. The van der Waals surface area contributed by atoms with Crippen molar-refractivity contribution in [3.05, 3.63) is 39.7 Å². The molecule has 90 valence electrons. The van der Waals surface area contributed by atoms with Crippen LogP contribution in [-0.4, -0.2) is 19.1 Å². The highest BCUT2D eigenvalue weighted by molar-refractivity contribution is 7.10. The molecular weight excluding hydrogens is 254 g/mol. The smallest absolute Gasteiger partial charge is 0.151 e. The number of thiophene rings is 1. The molecule has 1 N–H and O–H groups in total. The van der Waals surface area contributed by atoms with Crippen molar-refractivity contribution in [2.24, 2.45) is 0 Å². The van der Waals surface area contributed by atoms with E-state index in [9.17, 15) is 0 Å². The van der Waals surface area contributed by atoms with Crippen molar-refractivity contribution in [1.82, 2.24) is 4.98 Å². The van der Waals surface area contributed by atoms with Crippen LogP contribution in [0.1, 0.15) is 4.88 Å². The van der Waals surface area contributed by atoms with Gasteiger partial charge < -0.3 is 10.2 Å². The molecule has 0 bridgehead atoms. The second-order valence-electron chi connectivity index (χ2n) is 3.85. The number of halogens is 1. The number of hydrogen-bond donors (Lipinski definition) is 1. The van der Waals surface area contributed by atoms with Crippen LogP contribution < -0.4 is 10.2 Å². The van der Waals surface area contributed by atoms with Gasteiger partial charge in [0.25, 0.3) is 0 Å². The molecule has 0 amide bonds. The first kappa shape index (κ1) is 12.2. The molecule has 0 aliphatic carbocycles. The maximum atomic E-state index is 5.89. The zero-order valence-corrected chi connectivity index (χ0v) is 11.3. The summed E-state index contributed by atoms with van der Waals surface area (Å²) in [5.74, 6) is 0.940. The molecular formula is C12H14ClN3S. The zero-order chi connectivity index (χ0) is 12.3. The Balaban J connectivity index is 2.08. The molecule has 0 atom stereocenters. The minimum atomic E-state index is 0.768. The summed E-state index contributed by atoms with van der Waals surface area (Å²) in [6.45, 7) is 0.768. The van der Waals surface area contributed by atoms with Crippen molar-refractivity contribution in [2.45, 2.75) is 6.54 Å². The van der Waals surface area contributed by atoms with Crippen molar-refractivity contribution in [3.8, 4) is 0 Å². The molecule has 2 heterocycles. The Hall–Kier alpha value is -1.26. The monoisotopic (exact) mass is 267 g/mol. The minimum Gasteiger partial charge on any atom is -0.377 e. The molecule has 0 radical (unpaired) electrons. The van der Waals surface area contributed by atoms with Gasteiger partial charge in [0, 0.05) is 37.1 Å². The predicted molar refractivity (Wildman–Crippen MR) is 75.2 cm³/mol. The van der Waals surface area contributed by atoms with Gasteiger partial charge in [0.1, 0.15) is 0 Å². The fourth-order valence-corrected chi connectivity index (χ4v) is 2.53. The Morgan fingerprint density at radius 2 is 2.29 bits per heavy atom. The Kier molecular flexibility index (Phi) is 3.86. The van der Waals surface area contributed by atoms with Crippen LogP contribution in [0.5, 0.6) is 0 Å². The molecule has 0 spiro atoms. The van der Waals surface area contributed by atoms with Gasteiger partial charge in [-0.3, -0.25) is 0 Å². The lowest BCUT2D eigenvalue weighted by molar-refractivity contribution is 1.05. The number of aromatic nitrogens is 1. The van der Waals surface area contributed by atoms with Crippen LogP contribution in [0.4, 0.5) is 11.5 Å². The first-order chi connectivity index (χ1) is 8.16. The van der Waals surface area contributed by atoms with Crippen molar-refractivity contribution in [1.29, 1.82) is 0 Å². The van der Waals surface area contributed by atoms with E-state index in [-0.39, 0.29) is 0 Å². The highest BCUT2D eigenvalue weighted by Crippen LogP contribution is 2.23. The number of anilines is 2. The zero-order valence-electron chi connectivity index (χ0n) is 9.77. The maximum absolute atomic E-state index is 5.89. The van der Waals surface area contributed by atoms with Crippen LogP contribution in [0.3, 0.4) is 0 Å². The van der Waals surface area contributed by atoms with E-state index in [0.29, 0.717) is 0 Å². The normalized spacial score (nSPS) is 10.3. The Morgan fingerprint density at radius 1 is 1.47 bits per heavy atom. The van der Waals surface area contributed by atoms with E-state index >= 15 is 0 Å². The number of rotatable bonds is 4. The van der Waals surface area contributed by atoms with Gasteiger partial charge in [-0.05, 0) is 18.2 Å². The van der Waals surface area contributed by atoms with E-state index in [4.69, 9.17) is 11.6 Å². The van der Waals surface area contributed by atoms with Gasteiger partial charge in [0.05, 0.1) is 10.7 Å². The molecule has 2 rings (SSSR count). The van der Waals surface area contributed by atoms with Crippen LogP contribution in [0.15, 0.2) is 29.8 Å². The summed E-state index contributed by atoms with van der Waals surface area (Å²) in [7, 11) is 3.96. The highest BCUT2D eigenvalue weighted by Gasteiger charge is 2.05. The van der Waals surface area contributed by atoms with E-state index in [0.717, 1.165) is 23.1 Å². The van der Waals surface area contributed by atoms with Crippen LogP contribution in [0.25, 0.3) is 0 Å². The highest BCUT2D eigenvalue weighted by atomic mass is 35.5. The van der Waals surface area contributed by atoms with E-state index in [1.54, 1.807) is 17.5 Å². The minimum absolute atomic E-state index is 0.768. The van der Waals surface area contributed by atoms with E-state index in [2.05, 4.69) is 10.3 Å². The van der Waals surface area contributed by atoms with Crippen LogP contribution in [-0.2, 0) is 6.54 Å². The summed E-state index contributed by atoms with van der Waals surface area (Å²) < 4.78 is 0. The van der Waals surface area contributed by atoms with Crippen LogP contribution >= 0.6 is 22.9 Å². The molecule has 0 aliphatic heterocycles. The number of hydrogen-bond acceptors (Lipinski definition) is 4. The van der Waals surface area contributed by atoms with Gasteiger partial charge in [0.2, 0.25) is 0 Å². The predicted octanol–water partition coefficient (Wildman–Crippen LogP) is 3.47. The number of nitrogens with one attached hydrogen (secondary N) is 1. The van der Waals surface area contributed by atoms with Gasteiger partial charge in [-0.15, -0.1) is 11.3 Å².